The average Bonchev–Trinajstić information content (AvgIpc) is 2.07. The van der Waals surface area contributed by atoms with Crippen molar-refractivity contribution in [3.63, 3.8) is 0 Å². The van der Waals surface area contributed by atoms with Crippen molar-refractivity contribution < 1.29 is 9.05 Å². The Morgan fingerprint density at radius 2 is 2.06 bits per heavy atom. The van der Waals surface area contributed by atoms with Crippen LogP contribution in [0.5, 0.6) is 0 Å². The summed E-state index contributed by atoms with van der Waals surface area (Å²) in [7, 11) is 7.02. The molecule has 1 fully saturated rings. The summed E-state index contributed by atoms with van der Waals surface area (Å²) in [6.45, 7) is 8.39. The first-order valence-electron chi connectivity index (χ1n) is 5.08. The van der Waals surface area contributed by atoms with Crippen LogP contribution in [0.25, 0.3) is 0 Å². The number of rotatable bonds is 2. The molecule has 1 heterocycles. The first-order valence-corrected chi connectivity index (χ1v) is 9.42. The number of halogens is 1. The van der Waals surface area contributed by atoms with Crippen molar-refractivity contribution in [1.82, 2.24) is 5.09 Å². The van der Waals surface area contributed by atoms with E-state index in [1.54, 1.807) is 0 Å². The minimum absolute atomic E-state index is 0.117. The Morgan fingerprint density at radius 1 is 1.50 bits per heavy atom. The van der Waals surface area contributed by atoms with Crippen molar-refractivity contribution in [2.45, 2.75) is 45.6 Å². The molecule has 0 saturated carbocycles. The van der Waals surface area contributed by atoms with Gasteiger partial charge in [0.25, 0.3) is 6.64 Å². The summed E-state index contributed by atoms with van der Waals surface area (Å²) in [5.74, 6) is 0. The van der Waals surface area contributed by atoms with Crippen LogP contribution in [0.4, 0.5) is 0 Å². The second-order valence-electron chi connectivity index (χ2n) is 5.65. The van der Waals surface area contributed by atoms with Gasteiger partial charge in [0.05, 0.1) is 6.61 Å². The van der Waals surface area contributed by atoms with Crippen LogP contribution in [0, 0.1) is 5.41 Å². The molecule has 3 nitrogen and oxygen atoms in total. The predicted molar refractivity (Wildman–Crippen MR) is 75.2 cm³/mol. The second-order valence-corrected chi connectivity index (χ2v) is 9.92. The molecule has 2 unspecified atom stereocenters. The molecule has 0 bridgehead atoms. The Kier molecular flexibility index (Phi) is 4.80. The minimum Gasteiger partial charge on any atom is -0.317 e. The van der Waals surface area contributed by atoms with Gasteiger partial charge < -0.3 is 9.05 Å². The van der Waals surface area contributed by atoms with Crippen LogP contribution in [0.1, 0.15) is 34.6 Å². The van der Waals surface area contributed by atoms with Crippen LogP contribution in [-0.2, 0) is 20.9 Å². The maximum Gasteiger partial charge on any atom is 0.262 e. The molecule has 96 valence electrons. The highest BCUT2D eigenvalue weighted by Gasteiger charge is 2.43. The summed E-state index contributed by atoms with van der Waals surface area (Å²) in [4.78, 5) is 0. The van der Waals surface area contributed by atoms with E-state index < -0.39 is 6.64 Å². The van der Waals surface area contributed by atoms with Gasteiger partial charge in [-0.25, -0.2) is 5.09 Å². The number of hydrogen-bond acceptors (Lipinski definition) is 4. The van der Waals surface area contributed by atoms with E-state index in [0.29, 0.717) is 6.61 Å². The molecular formula is C9H19ClNO2PS2. The Balaban J connectivity index is 2.77. The second kappa shape index (κ2) is 5.04. The lowest BCUT2D eigenvalue weighted by atomic mass is 9.96. The minimum atomic E-state index is -2.41. The molecule has 0 aromatic carbocycles. The van der Waals surface area contributed by atoms with Gasteiger partial charge in [-0.15, -0.1) is 0 Å². The van der Waals surface area contributed by atoms with Crippen LogP contribution in [-0.4, -0.2) is 17.6 Å². The third-order valence-electron chi connectivity index (χ3n) is 2.03. The van der Waals surface area contributed by atoms with Crippen LogP contribution < -0.4 is 5.09 Å². The normalized spacial score (nSPS) is 35.0. The smallest absolute Gasteiger partial charge is 0.262 e. The van der Waals surface area contributed by atoms with Gasteiger partial charge in [0.15, 0.2) is 0 Å². The highest BCUT2D eigenvalue weighted by atomic mass is 35.7. The summed E-state index contributed by atoms with van der Waals surface area (Å²) < 4.78 is 11.5. The predicted octanol–water partition coefficient (Wildman–Crippen LogP) is 3.89. The lowest BCUT2D eigenvalue weighted by Gasteiger charge is -2.43. The van der Waals surface area contributed by atoms with E-state index in [-0.39, 0.29) is 16.4 Å². The Morgan fingerprint density at radius 3 is 2.50 bits per heavy atom. The standard InChI is InChI=1S/C9H19ClNO2PS2/c1-8(2,3)11-14(15)12-6-9(4,5)7(13-14)16-10/h7H,6H2,1-5H3,(H,11,15). The van der Waals surface area contributed by atoms with Crippen molar-refractivity contribution in [2.75, 3.05) is 6.61 Å². The molecule has 1 saturated heterocycles. The van der Waals surface area contributed by atoms with Crippen LogP contribution >= 0.6 is 28.3 Å². The van der Waals surface area contributed by atoms with E-state index in [4.69, 9.17) is 31.5 Å². The molecule has 1 rings (SSSR count). The van der Waals surface area contributed by atoms with Crippen molar-refractivity contribution in [3.05, 3.63) is 0 Å². The van der Waals surface area contributed by atoms with Crippen LogP contribution in [0.2, 0.25) is 0 Å². The Bertz CT molecular complexity index is 306. The third-order valence-corrected chi connectivity index (χ3v) is 6.31. The van der Waals surface area contributed by atoms with Crippen LogP contribution in [0.3, 0.4) is 0 Å². The van der Waals surface area contributed by atoms with Crippen molar-refractivity contribution >= 4 is 40.1 Å². The molecule has 7 heteroatoms. The first kappa shape index (κ1) is 15.2. The van der Waals surface area contributed by atoms with E-state index in [9.17, 15) is 0 Å². The van der Waals surface area contributed by atoms with Gasteiger partial charge in [0, 0.05) is 11.0 Å². The zero-order valence-corrected chi connectivity index (χ0v) is 13.5. The Hall–Kier alpha value is 1.17. The fourth-order valence-electron chi connectivity index (χ4n) is 1.22. The molecule has 1 N–H and O–H groups in total. The largest absolute Gasteiger partial charge is 0.317 e. The van der Waals surface area contributed by atoms with E-state index in [1.807, 2.05) is 20.8 Å². The van der Waals surface area contributed by atoms with E-state index >= 15 is 0 Å². The highest BCUT2D eigenvalue weighted by molar-refractivity contribution is 8.21. The van der Waals surface area contributed by atoms with Crippen molar-refractivity contribution in [2.24, 2.45) is 5.41 Å². The zero-order valence-electron chi connectivity index (χ0n) is 10.2. The van der Waals surface area contributed by atoms with Crippen LogP contribution in [0.15, 0.2) is 0 Å². The van der Waals surface area contributed by atoms with Crippen molar-refractivity contribution in [3.8, 4) is 0 Å². The Labute approximate surface area is 112 Å². The highest BCUT2D eigenvalue weighted by Crippen LogP contribution is 2.57. The van der Waals surface area contributed by atoms with Gasteiger partial charge in [-0.1, -0.05) is 13.8 Å². The molecule has 16 heavy (non-hydrogen) atoms. The number of nitrogens with one attached hydrogen (secondary N) is 1. The molecule has 0 aromatic heterocycles. The summed E-state index contributed by atoms with van der Waals surface area (Å²) in [5.41, 5.74) is -0.379. The molecule has 1 aliphatic rings. The fourth-order valence-corrected chi connectivity index (χ4v) is 6.49. The summed E-state index contributed by atoms with van der Waals surface area (Å²) in [6.07, 6.45) is 0. The van der Waals surface area contributed by atoms with E-state index in [1.165, 1.54) is 11.0 Å². The van der Waals surface area contributed by atoms with E-state index in [2.05, 4.69) is 18.9 Å². The SMILES string of the molecule is CC(C)(C)NP1(=S)OCC(C)(C)C(SCl)O1. The lowest BCUT2D eigenvalue weighted by Crippen LogP contribution is -2.43. The van der Waals surface area contributed by atoms with Gasteiger partial charge in [-0.3, -0.25) is 0 Å². The summed E-state index contributed by atoms with van der Waals surface area (Å²) in [6, 6.07) is 0. The molecule has 0 radical (unpaired) electrons. The quantitative estimate of drug-likeness (QED) is 0.782. The molecule has 2 atom stereocenters. The monoisotopic (exact) mass is 303 g/mol. The van der Waals surface area contributed by atoms with Gasteiger partial charge in [0.1, 0.15) is 5.44 Å². The van der Waals surface area contributed by atoms with Gasteiger partial charge in [0.2, 0.25) is 0 Å². The van der Waals surface area contributed by atoms with Gasteiger partial charge in [-0.05, 0) is 54.2 Å². The lowest BCUT2D eigenvalue weighted by molar-refractivity contribution is 0.0348. The fraction of sp³-hybridized carbons (Fsp3) is 1.00. The number of hydrogen-bond donors (Lipinski definition) is 1. The molecule has 0 amide bonds. The third kappa shape index (κ3) is 4.13. The van der Waals surface area contributed by atoms with Crippen molar-refractivity contribution in [1.29, 1.82) is 0 Å². The molecule has 1 aliphatic heterocycles. The summed E-state index contributed by atoms with van der Waals surface area (Å²) >= 11 is 5.43. The van der Waals surface area contributed by atoms with Gasteiger partial charge in [-0.2, -0.15) is 0 Å². The molecular weight excluding hydrogens is 285 g/mol. The molecule has 0 spiro atoms. The maximum absolute atomic E-state index is 5.84. The molecule has 0 aromatic rings. The topological polar surface area (TPSA) is 30.5 Å². The maximum atomic E-state index is 5.84. The average molecular weight is 304 g/mol. The molecule has 0 aliphatic carbocycles. The zero-order chi connectivity index (χ0) is 12.6. The van der Waals surface area contributed by atoms with E-state index in [0.717, 1.165) is 0 Å². The first-order chi connectivity index (χ1) is 7.08. The summed E-state index contributed by atoms with van der Waals surface area (Å²) in [5, 5.41) is 3.25. The van der Waals surface area contributed by atoms with Gasteiger partial charge >= 0.3 is 0 Å².